The monoisotopic (exact) mass is 298 g/mol. The first-order valence-electron chi connectivity index (χ1n) is 4.77. The molecule has 2 N–H and O–H groups in total. The third-order valence-corrected chi connectivity index (χ3v) is 3.26. The highest BCUT2D eigenvalue weighted by Gasteiger charge is 2.05. The Hall–Kier alpha value is -0.780. The highest BCUT2D eigenvalue weighted by atomic mass is 79.9. The topological polar surface area (TPSA) is 52.0 Å². The third-order valence-electron chi connectivity index (χ3n) is 1.97. The van der Waals surface area contributed by atoms with Crippen LogP contribution in [0, 0.1) is 6.92 Å². The van der Waals surface area contributed by atoms with Crippen molar-refractivity contribution in [1.29, 1.82) is 0 Å². The molecule has 2 aromatic rings. The highest BCUT2D eigenvalue weighted by molar-refractivity contribution is 9.10. The normalized spacial score (nSPS) is 10.7. The number of aryl methyl sites for hydroxylation is 1. The van der Waals surface area contributed by atoms with Crippen LogP contribution in [0.15, 0.2) is 43.5 Å². The van der Waals surface area contributed by atoms with Crippen molar-refractivity contribution >= 4 is 27.7 Å². The second kappa shape index (κ2) is 5.03. The zero-order chi connectivity index (χ0) is 11.5. The standard InChI is InChI=1S/C11H11BrN2OS/c1-7-6-15-11(14-7)16-10-3-8(5-13)2-9(12)4-10/h2-4,6H,5,13H2,1H3. The third kappa shape index (κ3) is 2.87. The van der Waals surface area contributed by atoms with Gasteiger partial charge in [0.25, 0.3) is 5.22 Å². The van der Waals surface area contributed by atoms with Crippen LogP contribution in [-0.2, 0) is 6.54 Å². The van der Waals surface area contributed by atoms with E-state index >= 15 is 0 Å². The molecule has 0 fully saturated rings. The molecule has 84 valence electrons. The van der Waals surface area contributed by atoms with Gasteiger partial charge in [-0.2, -0.15) is 0 Å². The number of nitrogens with zero attached hydrogens (tertiary/aromatic N) is 1. The maximum absolute atomic E-state index is 5.62. The number of halogens is 1. The molecule has 0 unspecified atom stereocenters. The lowest BCUT2D eigenvalue weighted by molar-refractivity contribution is 0.454. The van der Waals surface area contributed by atoms with Gasteiger partial charge in [0.15, 0.2) is 0 Å². The van der Waals surface area contributed by atoms with Gasteiger partial charge in [-0.25, -0.2) is 4.98 Å². The van der Waals surface area contributed by atoms with Crippen LogP contribution in [0.5, 0.6) is 0 Å². The van der Waals surface area contributed by atoms with Gasteiger partial charge in [0, 0.05) is 15.9 Å². The van der Waals surface area contributed by atoms with Crippen LogP contribution in [0.1, 0.15) is 11.3 Å². The van der Waals surface area contributed by atoms with E-state index < -0.39 is 0 Å². The van der Waals surface area contributed by atoms with Crippen molar-refractivity contribution in [2.45, 2.75) is 23.6 Å². The number of rotatable bonds is 3. The van der Waals surface area contributed by atoms with Gasteiger partial charge in [-0.15, -0.1) is 0 Å². The minimum Gasteiger partial charge on any atom is -0.439 e. The molecule has 0 amide bonds. The van der Waals surface area contributed by atoms with Crippen LogP contribution in [0.4, 0.5) is 0 Å². The fourth-order valence-corrected chi connectivity index (χ4v) is 2.85. The first-order valence-corrected chi connectivity index (χ1v) is 6.38. The van der Waals surface area contributed by atoms with Gasteiger partial charge in [-0.1, -0.05) is 15.9 Å². The molecule has 0 bridgehead atoms. The van der Waals surface area contributed by atoms with Crippen molar-refractivity contribution in [2.75, 3.05) is 0 Å². The number of nitrogens with two attached hydrogens (primary N) is 1. The van der Waals surface area contributed by atoms with E-state index in [0.29, 0.717) is 11.8 Å². The Morgan fingerprint density at radius 1 is 1.44 bits per heavy atom. The Balaban J connectivity index is 2.24. The molecule has 3 nitrogen and oxygen atoms in total. The van der Waals surface area contributed by atoms with Gasteiger partial charge >= 0.3 is 0 Å². The summed E-state index contributed by atoms with van der Waals surface area (Å²) in [6.45, 7) is 2.43. The van der Waals surface area contributed by atoms with Crippen LogP contribution in [0.25, 0.3) is 0 Å². The van der Waals surface area contributed by atoms with Crippen LogP contribution >= 0.6 is 27.7 Å². The highest BCUT2D eigenvalue weighted by Crippen LogP contribution is 2.30. The van der Waals surface area contributed by atoms with E-state index in [1.54, 1.807) is 6.26 Å². The summed E-state index contributed by atoms with van der Waals surface area (Å²) in [6.07, 6.45) is 1.64. The molecule has 0 aliphatic carbocycles. The summed E-state index contributed by atoms with van der Waals surface area (Å²) in [5, 5.41) is 0.651. The molecule has 0 spiro atoms. The molecule has 5 heteroatoms. The molecule has 0 aliphatic rings. The van der Waals surface area contributed by atoms with Crippen molar-refractivity contribution < 1.29 is 4.42 Å². The van der Waals surface area contributed by atoms with Crippen LogP contribution in [0.3, 0.4) is 0 Å². The summed E-state index contributed by atoms with van der Waals surface area (Å²) in [7, 11) is 0. The smallest absolute Gasteiger partial charge is 0.260 e. The summed E-state index contributed by atoms with van der Waals surface area (Å²) >= 11 is 4.94. The number of hydrogen-bond acceptors (Lipinski definition) is 4. The van der Waals surface area contributed by atoms with Gasteiger partial charge in [0.1, 0.15) is 6.26 Å². The van der Waals surface area contributed by atoms with E-state index in [1.807, 2.05) is 25.1 Å². The number of oxazole rings is 1. The Morgan fingerprint density at radius 2 is 2.25 bits per heavy atom. The SMILES string of the molecule is Cc1coc(Sc2cc(Br)cc(CN)c2)n1. The number of hydrogen-bond donors (Lipinski definition) is 1. The predicted molar refractivity (Wildman–Crippen MR) is 67.4 cm³/mol. The molecule has 0 atom stereocenters. The van der Waals surface area contributed by atoms with Crippen molar-refractivity contribution in [3.8, 4) is 0 Å². The Kier molecular flexibility index (Phi) is 3.68. The summed E-state index contributed by atoms with van der Waals surface area (Å²) in [4.78, 5) is 5.31. The molecule has 0 radical (unpaired) electrons. The second-order valence-corrected chi connectivity index (χ2v) is 5.30. The van der Waals surface area contributed by atoms with E-state index in [4.69, 9.17) is 10.2 Å². The Morgan fingerprint density at radius 3 is 2.88 bits per heavy atom. The Bertz CT molecular complexity index is 498. The fraction of sp³-hybridized carbons (Fsp3) is 0.182. The minimum atomic E-state index is 0.525. The lowest BCUT2D eigenvalue weighted by Gasteiger charge is -2.02. The Labute approximate surface area is 107 Å². The van der Waals surface area contributed by atoms with Crippen molar-refractivity contribution in [1.82, 2.24) is 4.98 Å². The van der Waals surface area contributed by atoms with E-state index in [9.17, 15) is 0 Å². The molecular weight excluding hydrogens is 288 g/mol. The fourth-order valence-electron chi connectivity index (χ4n) is 1.28. The summed E-state index contributed by atoms with van der Waals surface area (Å²) in [5.41, 5.74) is 7.59. The minimum absolute atomic E-state index is 0.525. The zero-order valence-electron chi connectivity index (χ0n) is 8.74. The van der Waals surface area contributed by atoms with E-state index in [-0.39, 0.29) is 0 Å². The number of aromatic nitrogens is 1. The van der Waals surface area contributed by atoms with Crippen molar-refractivity contribution in [3.05, 3.63) is 40.2 Å². The van der Waals surface area contributed by atoms with Crippen LogP contribution in [0.2, 0.25) is 0 Å². The van der Waals surface area contributed by atoms with Gasteiger partial charge in [-0.05, 0) is 42.4 Å². The average Bonchev–Trinajstić information content (AvgIpc) is 2.63. The quantitative estimate of drug-likeness (QED) is 0.944. The van der Waals surface area contributed by atoms with E-state index in [2.05, 4.69) is 20.9 Å². The van der Waals surface area contributed by atoms with E-state index in [0.717, 1.165) is 20.6 Å². The van der Waals surface area contributed by atoms with Crippen molar-refractivity contribution in [3.63, 3.8) is 0 Å². The molecular formula is C11H11BrN2OS. The second-order valence-electron chi connectivity index (χ2n) is 3.36. The largest absolute Gasteiger partial charge is 0.439 e. The average molecular weight is 299 g/mol. The summed E-state index contributed by atoms with van der Waals surface area (Å²) in [6, 6.07) is 6.06. The first kappa shape index (κ1) is 11.7. The summed E-state index contributed by atoms with van der Waals surface area (Å²) < 4.78 is 6.30. The predicted octanol–water partition coefficient (Wildman–Crippen LogP) is 3.36. The van der Waals surface area contributed by atoms with Crippen LogP contribution < -0.4 is 5.73 Å². The molecule has 1 aromatic heterocycles. The molecule has 0 saturated carbocycles. The van der Waals surface area contributed by atoms with Gasteiger partial charge in [-0.3, -0.25) is 0 Å². The van der Waals surface area contributed by atoms with Gasteiger partial charge < -0.3 is 10.2 Å². The lowest BCUT2D eigenvalue weighted by atomic mass is 10.2. The molecule has 16 heavy (non-hydrogen) atoms. The van der Waals surface area contributed by atoms with Crippen molar-refractivity contribution in [2.24, 2.45) is 5.73 Å². The molecule has 1 heterocycles. The van der Waals surface area contributed by atoms with E-state index in [1.165, 1.54) is 11.8 Å². The maximum Gasteiger partial charge on any atom is 0.260 e. The zero-order valence-corrected chi connectivity index (χ0v) is 11.1. The van der Waals surface area contributed by atoms with Gasteiger partial charge in [0.2, 0.25) is 0 Å². The molecule has 1 aromatic carbocycles. The molecule has 2 rings (SSSR count). The lowest BCUT2D eigenvalue weighted by Crippen LogP contribution is -1.96. The molecule has 0 saturated heterocycles. The number of benzene rings is 1. The van der Waals surface area contributed by atoms with Gasteiger partial charge in [0.05, 0.1) is 5.69 Å². The summed E-state index contributed by atoms with van der Waals surface area (Å²) in [5.74, 6) is 0. The van der Waals surface area contributed by atoms with Crippen LogP contribution in [-0.4, -0.2) is 4.98 Å². The maximum atomic E-state index is 5.62. The molecule has 0 aliphatic heterocycles. The first-order chi connectivity index (χ1) is 7.67.